The SMILES string of the molecule is CNC(c1cccc(F)c1Br)c1cc(Br)cc2c1OCC2. The van der Waals surface area contributed by atoms with Gasteiger partial charge in [-0.2, -0.15) is 0 Å². The summed E-state index contributed by atoms with van der Waals surface area (Å²) in [6.07, 6.45) is 0.905. The third kappa shape index (κ3) is 2.74. The summed E-state index contributed by atoms with van der Waals surface area (Å²) in [6.45, 7) is 0.694. The van der Waals surface area contributed by atoms with E-state index in [9.17, 15) is 4.39 Å². The first-order valence-electron chi connectivity index (χ1n) is 6.68. The van der Waals surface area contributed by atoms with Crippen LogP contribution in [0.25, 0.3) is 0 Å². The fourth-order valence-corrected chi connectivity index (χ4v) is 3.75. The predicted octanol–water partition coefficient (Wildman–Crippen LogP) is 4.59. The van der Waals surface area contributed by atoms with Crippen molar-refractivity contribution in [2.45, 2.75) is 12.5 Å². The van der Waals surface area contributed by atoms with E-state index in [0.717, 1.165) is 27.8 Å². The lowest BCUT2D eigenvalue weighted by Crippen LogP contribution is -2.19. The van der Waals surface area contributed by atoms with Crippen molar-refractivity contribution in [2.75, 3.05) is 13.7 Å². The molecular weight excluding hydrogens is 401 g/mol. The van der Waals surface area contributed by atoms with Gasteiger partial charge in [-0.05, 0) is 52.3 Å². The van der Waals surface area contributed by atoms with Gasteiger partial charge in [0.1, 0.15) is 11.6 Å². The monoisotopic (exact) mass is 413 g/mol. The minimum atomic E-state index is -0.264. The fraction of sp³-hybridized carbons (Fsp3) is 0.250. The summed E-state index contributed by atoms with van der Waals surface area (Å²) in [5, 5.41) is 3.26. The van der Waals surface area contributed by atoms with Gasteiger partial charge < -0.3 is 10.1 Å². The molecule has 1 heterocycles. The zero-order valence-electron chi connectivity index (χ0n) is 11.4. The highest BCUT2D eigenvalue weighted by Crippen LogP contribution is 2.40. The van der Waals surface area contributed by atoms with Crippen molar-refractivity contribution in [1.29, 1.82) is 0 Å². The fourth-order valence-electron chi connectivity index (χ4n) is 2.73. The molecule has 0 spiro atoms. The molecule has 3 rings (SSSR count). The standard InChI is InChI=1S/C16H14Br2FNO/c1-20-15(11-3-2-4-13(19)14(11)18)12-8-10(17)7-9-5-6-21-16(9)12/h2-4,7-8,15,20H,5-6H2,1H3. The molecule has 5 heteroatoms. The molecule has 1 aliphatic heterocycles. The van der Waals surface area contributed by atoms with Crippen LogP contribution >= 0.6 is 31.9 Å². The topological polar surface area (TPSA) is 21.3 Å². The number of hydrogen-bond acceptors (Lipinski definition) is 2. The minimum absolute atomic E-state index is 0.139. The lowest BCUT2D eigenvalue weighted by molar-refractivity contribution is 0.351. The predicted molar refractivity (Wildman–Crippen MR) is 88.3 cm³/mol. The lowest BCUT2D eigenvalue weighted by Gasteiger charge is -2.21. The van der Waals surface area contributed by atoms with Gasteiger partial charge in [0.2, 0.25) is 0 Å². The smallest absolute Gasteiger partial charge is 0.137 e. The van der Waals surface area contributed by atoms with Crippen molar-refractivity contribution >= 4 is 31.9 Å². The van der Waals surface area contributed by atoms with E-state index < -0.39 is 0 Å². The molecule has 2 aromatic carbocycles. The van der Waals surface area contributed by atoms with Crippen LogP contribution in [0, 0.1) is 5.82 Å². The first-order valence-corrected chi connectivity index (χ1v) is 8.26. The Kier molecular flexibility index (Phi) is 4.33. The van der Waals surface area contributed by atoms with E-state index in [1.807, 2.05) is 19.2 Å². The molecule has 2 nitrogen and oxygen atoms in total. The summed E-state index contributed by atoms with van der Waals surface area (Å²) in [5.41, 5.74) is 3.06. The van der Waals surface area contributed by atoms with E-state index in [-0.39, 0.29) is 11.9 Å². The zero-order valence-corrected chi connectivity index (χ0v) is 14.6. The van der Waals surface area contributed by atoms with E-state index >= 15 is 0 Å². The van der Waals surface area contributed by atoms with Crippen LogP contribution in [0.2, 0.25) is 0 Å². The third-order valence-corrected chi connectivity index (χ3v) is 4.96. The first kappa shape index (κ1) is 15.0. The number of nitrogens with one attached hydrogen (secondary N) is 1. The second-order valence-electron chi connectivity index (χ2n) is 4.95. The zero-order chi connectivity index (χ0) is 15.0. The molecule has 0 amide bonds. The number of hydrogen-bond donors (Lipinski definition) is 1. The van der Waals surface area contributed by atoms with Gasteiger partial charge in [0.25, 0.3) is 0 Å². The molecule has 2 aromatic rings. The molecule has 0 aromatic heterocycles. The molecule has 110 valence electrons. The maximum Gasteiger partial charge on any atom is 0.137 e. The van der Waals surface area contributed by atoms with Crippen LogP contribution < -0.4 is 10.1 Å². The van der Waals surface area contributed by atoms with Crippen molar-refractivity contribution in [3.63, 3.8) is 0 Å². The maximum absolute atomic E-state index is 13.8. The maximum atomic E-state index is 13.8. The van der Waals surface area contributed by atoms with Crippen LogP contribution in [-0.2, 0) is 6.42 Å². The van der Waals surface area contributed by atoms with Gasteiger partial charge in [-0.15, -0.1) is 0 Å². The van der Waals surface area contributed by atoms with Gasteiger partial charge in [0.15, 0.2) is 0 Å². The summed E-state index contributed by atoms with van der Waals surface area (Å²) >= 11 is 6.90. The van der Waals surface area contributed by atoms with E-state index in [1.54, 1.807) is 6.07 Å². The van der Waals surface area contributed by atoms with E-state index in [2.05, 4.69) is 43.2 Å². The van der Waals surface area contributed by atoms with Crippen molar-refractivity contribution < 1.29 is 9.13 Å². The van der Waals surface area contributed by atoms with Crippen molar-refractivity contribution in [1.82, 2.24) is 5.32 Å². The average molecular weight is 415 g/mol. The summed E-state index contributed by atoms with van der Waals surface area (Å²) in [7, 11) is 1.87. The Labute approximate surface area is 140 Å². The van der Waals surface area contributed by atoms with Crippen LogP contribution in [0.4, 0.5) is 4.39 Å². The van der Waals surface area contributed by atoms with Crippen LogP contribution in [0.1, 0.15) is 22.7 Å². The largest absolute Gasteiger partial charge is 0.493 e. The molecule has 0 aliphatic carbocycles. The van der Waals surface area contributed by atoms with Crippen LogP contribution in [0.15, 0.2) is 39.3 Å². The summed E-state index contributed by atoms with van der Waals surface area (Å²) in [4.78, 5) is 0. The average Bonchev–Trinajstić information content (AvgIpc) is 2.92. The molecule has 1 aliphatic rings. The van der Waals surface area contributed by atoms with Gasteiger partial charge in [0.05, 0.1) is 17.1 Å². The summed E-state index contributed by atoms with van der Waals surface area (Å²) in [6, 6.07) is 9.05. The first-order chi connectivity index (χ1) is 10.1. The summed E-state index contributed by atoms with van der Waals surface area (Å²) in [5.74, 6) is 0.647. The van der Waals surface area contributed by atoms with Crippen LogP contribution in [0.3, 0.4) is 0 Å². The number of rotatable bonds is 3. The number of fused-ring (bicyclic) bond motifs is 1. The molecule has 0 saturated heterocycles. The highest BCUT2D eigenvalue weighted by molar-refractivity contribution is 9.10. The van der Waals surface area contributed by atoms with Crippen LogP contribution in [0.5, 0.6) is 5.75 Å². The molecular formula is C16H14Br2FNO. The molecule has 1 atom stereocenters. The van der Waals surface area contributed by atoms with Crippen molar-refractivity contribution in [3.05, 3.63) is 61.8 Å². The molecule has 0 radical (unpaired) electrons. The van der Waals surface area contributed by atoms with E-state index in [0.29, 0.717) is 11.1 Å². The van der Waals surface area contributed by atoms with E-state index in [4.69, 9.17) is 4.74 Å². The quantitative estimate of drug-likeness (QED) is 0.792. The number of benzene rings is 2. The van der Waals surface area contributed by atoms with Gasteiger partial charge in [-0.25, -0.2) is 4.39 Å². The Bertz CT molecular complexity index is 690. The normalized spacial score (nSPS) is 14.7. The Hall–Kier alpha value is -0.910. The Morgan fingerprint density at radius 1 is 1.24 bits per heavy atom. The Morgan fingerprint density at radius 2 is 2.05 bits per heavy atom. The summed E-state index contributed by atoms with van der Waals surface area (Å²) < 4.78 is 21.1. The molecule has 1 unspecified atom stereocenters. The number of ether oxygens (including phenoxy) is 1. The third-order valence-electron chi connectivity index (χ3n) is 3.67. The molecule has 0 fully saturated rings. The van der Waals surface area contributed by atoms with Crippen molar-refractivity contribution in [3.8, 4) is 5.75 Å². The lowest BCUT2D eigenvalue weighted by atomic mass is 9.96. The highest BCUT2D eigenvalue weighted by atomic mass is 79.9. The van der Waals surface area contributed by atoms with Gasteiger partial charge in [-0.3, -0.25) is 0 Å². The second-order valence-corrected chi connectivity index (χ2v) is 6.66. The highest BCUT2D eigenvalue weighted by Gasteiger charge is 2.25. The van der Waals surface area contributed by atoms with E-state index in [1.165, 1.54) is 11.6 Å². The van der Waals surface area contributed by atoms with Gasteiger partial charge >= 0.3 is 0 Å². The van der Waals surface area contributed by atoms with Gasteiger partial charge in [0, 0.05) is 16.5 Å². The second kappa shape index (κ2) is 6.07. The van der Waals surface area contributed by atoms with Gasteiger partial charge in [-0.1, -0.05) is 28.1 Å². The molecule has 0 saturated carbocycles. The molecule has 0 bridgehead atoms. The number of halogens is 3. The minimum Gasteiger partial charge on any atom is -0.493 e. The Balaban J connectivity index is 2.15. The molecule has 1 N–H and O–H groups in total. The Morgan fingerprint density at radius 3 is 2.81 bits per heavy atom. The van der Waals surface area contributed by atoms with Crippen molar-refractivity contribution in [2.24, 2.45) is 0 Å². The van der Waals surface area contributed by atoms with Crippen LogP contribution in [-0.4, -0.2) is 13.7 Å². The molecule has 21 heavy (non-hydrogen) atoms.